The van der Waals surface area contributed by atoms with E-state index in [-0.39, 0.29) is 11.9 Å². The number of nitrogens with one attached hydrogen (secondary N) is 1. The zero-order valence-corrected chi connectivity index (χ0v) is 9.09. The Kier molecular flexibility index (Phi) is 4.94. The third-order valence-electron chi connectivity index (χ3n) is 3.01. The van der Waals surface area contributed by atoms with Crippen molar-refractivity contribution in [2.45, 2.75) is 51.5 Å². The number of amides is 1. The second-order valence-electron chi connectivity index (χ2n) is 4.27. The molecule has 1 atom stereocenters. The molecule has 1 fully saturated rings. The van der Waals surface area contributed by atoms with Crippen LogP contribution in [-0.2, 0) is 4.79 Å². The SMILES string of the molecule is CCC[C@H](N)C(=O)NCCC1CCC1. The van der Waals surface area contributed by atoms with Gasteiger partial charge in [-0.3, -0.25) is 4.79 Å². The topological polar surface area (TPSA) is 55.1 Å². The smallest absolute Gasteiger partial charge is 0.236 e. The lowest BCUT2D eigenvalue weighted by Gasteiger charge is -2.25. The summed E-state index contributed by atoms with van der Waals surface area (Å²) < 4.78 is 0. The molecule has 0 aromatic rings. The highest BCUT2D eigenvalue weighted by molar-refractivity contribution is 5.81. The summed E-state index contributed by atoms with van der Waals surface area (Å²) in [4.78, 5) is 11.4. The first-order chi connectivity index (χ1) is 6.74. The Bertz CT molecular complexity index is 178. The third kappa shape index (κ3) is 3.66. The van der Waals surface area contributed by atoms with Gasteiger partial charge in [0.2, 0.25) is 5.91 Å². The first-order valence-corrected chi connectivity index (χ1v) is 5.77. The van der Waals surface area contributed by atoms with Crippen molar-refractivity contribution in [3.8, 4) is 0 Å². The lowest BCUT2D eigenvalue weighted by atomic mass is 9.83. The van der Waals surface area contributed by atoms with Crippen LogP contribution in [0.25, 0.3) is 0 Å². The maximum absolute atomic E-state index is 11.4. The van der Waals surface area contributed by atoms with Gasteiger partial charge in [0.05, 0.1) is 6.04 Å². The fourth-order valence-electron chi connectivity index (χ4n) is 1.75. The first-order valence-electron chi connectivity index (χ1n) is 5.77. The highest BCUT2D eigenvalue weighted by atomic mass is 16.2. The first kappa shape index (κ1) is 11.5. The van der Waals surface area contributed by atoms with Crippen LogP contribution < -0.4 is 11.1 Å². The zero-order valence-electron chi connectivity index (χ0n) is 9.09. The molecule has 0 aromatic carbocycles. The maximum Gasteiger partial charge on any atom is 0.236 e. The predicted octanol–water partition coefficient (Wildman–Crippen LogP) is 1.42. The zero-order chi connectivity index (χ0) is 10.4. The van der Waals surface area contributed by atoms with E-state index in [0.717, 1.165) is 31.7 Å². The van der Waals surface area contributed by atoms with Gasteiger partial charge in [-0.25, -0.2) is 0 Å². The van der Waals surface area contributed by atoms with Crippen LogP contribution in [0.1, 0.15) is 45.4 Å². The quantitative estimate of drug-likeness (QED) is 0.678. The lowest BCUT2D eigenvalue weighted by molar-refractivity contribution is -0.122. The van der Waals surface area contributed by atoms with Crippen LogP contribution in [0.15, 0.2) is 0 Å². The molecule has 3 N–H and O–H groups in total. The van der Waals surface area contributed by atoms with E-state index in [1.165, 1.54) is 19.3 Å². The molecule has 0 heterocycles. The minimum absolute atomic E-state index is 0.0196. The monoisotopic (exact) mass is 198 g/mol. The average molecular weight is 198 g/mol. The molecule has 1 amide bonds. The van der Waals surface area contributed by atoms with Crippen molar-refractivity contribution < 1.29 is 4.79 Å². The van der Waals surface area contributed by atoms with Gasteiger partial charge in [-0.05, 0) is 18.8 Å². The van der Waals surface area contributed by atoms with Crippen molar-refractivity contribution >= 4 is 5.91 Å². The summed E-state index contributed by atoms with van der Waals surface area (Å²) in [6.07, 6.45) is 6.94. The Morgan fingerprint density at radius 1 is 1.57 bits per heavy atom. The lowest BCUT2D eigenvalue weighted by Crippen LogP contribution is -2.41. The highest BCUT2D eigenvalue weighted by Crippen LogP contribution is 2.28. The number of carbonyl (C=O) groups excluding carboxylic acids is 1. The Labute approximate surface area is 86.4 Å². The van der Waals surface area contributed by atoms with Gasteiger partial charge < -0.3 is 11.1 Å². The van der Waals surface area contributed by atoms with Crippen molar-refractivity contribution in [3.05, 3.63) is 0 Å². The summed E-state index contributed by atoms with van der Waals surface area (Å²) in [6, 6.07) is -0.304. The van der Waals surface area contributed by atoms with E-state index in [1.54, 1.807) is 0 Å². The van der Waals surface area contributed by atoms with Gasteiger partial charge in [-0.2, -0.15) is 0 Å². The number of nitrogens with two attached hydrogens (primary N) is 1. The van der Waals surface area contributed by atoms with Crippen LogP contribution in [0, 0.1) is 5.92 Å². The minimum atomic E-state index is -0.304. The molecule has 0 bridgehead atoms. The predicted molar refractivity (Wildman–Crippen MR) is 57.9 cm³/mol. The average Bonchev–Trinajstić information content (AvgIpc) is 2.09. The second-order valence-corrected chi connectivity index (χ2v) is 4.27. The van der Waals surface area contributed by atoms with Crippen molar-refractivity contribution in [1.29, 1.82) is 0 Å². The molecule has 0 spiro atoms. The second kappa shape index (κ2) is 6.02. The number of carbonyl (C=O) groups is 1. The van der Waals surface area contributed by atoms with E-state index >= 15 is 0 Å². The van der Waals surface area contributed by atoms with E-state index in [4.69, 9.17) is 5.73 Å². The van der Waals surface area contributed by atoms with Crippen molar-refractivity contribution in [2.75, 3.05) is 6.54 Å². The van der Waals surface area contributed by atoms with Crippen molar-refractivity contribution in [3.63, 3.8) is 0 Å². The number of hydrogen-bond acceptors (Lipinski definition) is 2. The summed E-state index contributed by atoms with van der Waals surface area (Å²) in [7, 11) is 0. The van der Waals surface area contributed by atoms with Gasteiger partial charge in [0.25, 0.3) is 0 Å². The fourth-order valence-corrected chi connectivity index (χ4v) is 1.75. The summed E-state index contributed by atoms with van der Waals surface area (Å²) in [6.45, 7) is 2.85. The molecule has 14 heavy (non-hydrogen) atoms. The minimum Gasteiger partial charge on any atom is -0.355 e. The molecule has 82 valence electrons. The number of rotatable bonds is 6. The van der Waals surface area contributed by atoms with Gasteiger partial charge in [0.1, 0.15) is 0 Å². The maximum atomic E-state index is 11.4. The molecule has 0 saturated heterocycles. The molecule has 1 rings (SSSR count). The summed E-state index contributed by atoms with van der Waals surface area (Å²) in [5.41, 5.74) is 5.68. The van der Waals surface area contributed by atoms with Crippen LogP contribution in [0.2, 0.25) is 0 Å². The molecule has 0 aromatic heterocycles. The van der Waals surface area contributed by atoms with Crippen LogP contribution in [0.5, 0.6) is 0 Å². The number of hydrogen-bond donors (Lipinski definition) is 2. The van der Waals surface area contributed by atoms with Gasteiger partial charge in [-0.1, -0.05) is 32.6 Å². The summed E-state index contributed by atoms with van der Waals surface area (Å²) in [5.74, 6) is 0.879. The molecular formula is C11H22N2O. The molecule has 0 aliphatic heterocycles. The molecular weight excluding hydrogens is 176 g/mol. The van der Waals surface area contributed by atoms with Crippen LogP contribution >= 0.6 is 0 Å². The molecule has 0 unspecified atom stereocenters. The molecule has 3 nitrogen and oxygen atoms in total. The van der Waals surface area contributed by atoms with Crippen LogP contribution in [-0.4, -0.2) is 18.5 Å². The van der Waals surface area contributed by atoms with Gasteiger partial charge >= 0.3 is 0 Å². The Morgan fingerprint density at radius 3 is 2.79 bits per heavy atom. The standard InChI is InChI=1S/C11H22N2O/c1-2-4-10(12)11(14)13-8-7-9-5-3-6-9/h9-10H,2-8,12H2,1H3,(H,13,14)/t10-/m0/s1. The van der Waals surface area contributed by atoms with E-state index in [9.17, 15) is 4.79 Å². The molecule has 0 radical (unpaired) electrons. The van der Waals surface area contributed by atoms with Gasteiger partial charge in [0, 0.05) is 6.54 Å². The summed E-state index contributed by atoms with van der Waals surface area (Å²) >= 11 is 0. The summed E-state index contributed by atoms with van der Waals surface area (Å²) in [5, 5.41) is 2.90. The Morgan fingerprint density at radius 2 is 2.29 bits per heavy atom. The normalized spacial score (nSPS) is 18.7. The van der Waals surface area contributed by atoms with Crippen molar-refractivity contribution in [2.24, 2.45) is 11.7 Å². The van der Waals surface area contributed by atoms with Gasteiger partial charge in [-0.15, -0.1) is 0 Å². The molecule has 1 aliphatic rings. The Balaban J connectivity index is 2.01. The largest absolute Gasteiger partial charge is 0.355 e. The molecule has 1 aliphatic carbocycles. The fraction of sp³-hybridized carbons (Fsp3) is 0.909. The van der Waals surface area contributed by atoms with E-state index < -0.39 is 0 Å². The van der Waals surface area contributed by atoms with E-state index in [1.807, 2.05) is 6.92 Å². The highest BCUT2D eigenvalue weighted by Gasteiger charge is 2.17. The molecule has 3 heteroatoms. The van der Waals surface area contributed by atoms with Crippen LogP contribution in [0.3, 0.4) is 0 Å². The Hall–Kier alpha value is -0.570. The van der Waals surface area contributed by atoms with E-state index in [0.29, 0.717) is 0 Å². The third-order valence-corrected chi connectivity index (χ3v) is 3.01. The van der Waals surface area contributed by atoms with Gasteiger partial charge in [0.15, 0.2) is 0 Å². The van der Waals surface area contributed by atoms with E-state index in [2.05, 4.69) is 5.32 Å². The van der Waals surface area contributed by atoms with Crippen LogP contribution in [0.4, 0.5) is 0 Å². The molecule has 1 saturated carbocycles. The van der Waals surface area contributed by atoms with Crippen molar-refractivity contribution in [1.82, 2.24) is 5.32 Å².